The first kappa shape index (κ1) is 13.0. The van der Waals surface area contributed by atoms with Gasteiger partial charge >= 0.3 is 0 Å². The molecule has 0 radical (unpaired) electrons. The van der Waals surface area contributed by atoms with Crippen molar-refractivity contribution < 1.29 is 4.79 Å². The summed E-state index contributed by atoms with van der Waals surface area (Å²) in [4.78, 5) is 12.1. The van der Waals surface area contributed by atoms with Crippen LogP contribution in [0.3, 0.4) is 0 Å². The fourth-order valence-electron chi connectivity index (χ4n) is 1.69. The van der Waals surface area contributed by atoms with Crippen LogP contribution >= 0.6 is 0 Å². The molecule has 1 rings (SSSR count). The minimum atomic E-state index is 0.108. The van der Waals surface area contributed by atoms with E-state index in [0.717, 1.165) is 18.4 Å². The maximum absolute atomic E-state index is 12.1. The molecule has 0 fully saturated rings. The van der Waals surface area contributed by atoms with Gasteiger partial charge in [0.15, 0.2) is 5.78 Å². The zero-order valence-electron chi connectivity index (χ0n) is 10.8. The molecule has 0 aliphatic carbocycles. The van der Waals surface area contributed by atoms with Crippen LogP contribution in [0.5, 0.6) is 0 Å². The lowest BCUT2D eigenvalue weighted by atomic mass is 9.89. The number of carbonyl (C=O) groups excluding carboxylic acids is 1. The summed E-state index contributed by atoms with van der Waals surface area (Å²) in [7, 11) is 0. The van der Waals surface area contributed by atoms with Crippen molar-refractivity contribution in [2.45, 2.75) is 40.5 Å². The Kier molecular flexibility index (Phi) is 4.72. The molecule has 0 aromatic heterocycles. The minimum absolute atomic E-state index is 0.108. The van der Waals surface area contributed by atoms with Crippen molar-refractivity contribution >= 4 is 5.78 Å². The highest BCUT2D eigenvalue weighted by Gasteiger charge is 2.17. The third-order valence-corrected chi connectivity index (χ3v) is 3.19. The Morgan fingerprint density at radius 2 is 1.69 bits per heavy atom. The zero-order chi connectivity index (χ0) is 12.1. The van der Waals surface area contributed by atoms with Gasteiger partial charge in [0.25, 0.3) is 0 Å². The Bertz CT molecular complexity index is 335. The summed E-state index contributed by atoms with van der Waals surface area (Å²) in [5, 5.41) is 0. The van der Waals surface area contributed by atoms with Crippen LogP contribution in [0.4, 0.5) is 0 Å². The highest BCUT2D eigenvalue weighted by Crippen LogP contribution is 2.17. The van der Waals surface area contributed by atoms with Gasteiger partial charge in [-0.15, -0.1) is 0 Å². The number of carbonyl (C=O) groups is 1. The summed E-state index contributed by atoms with van der Waals surface area (Å²) in [5.74, 6) is 0.776. The van der Waals surface area contributed by atoms with E-state index in [0.29, 0.717) is 5.92 Å². The van der Waals surface area contributed by atoms with E-state index in [1.54, 1.807) is 0 Å². The highest BCUT2D eigenvalue weighted by molar-refractivity contribution is 5.97. The summed E-state index contributed by atoms with van der Waals surface area (Å²) in [6.45, 7) is 8.36. The van der Waals surface area contributed by atoms with Crippen LogP contribution in [-0.2, 0) is 6.42 Å². The Morgan fingerprint density at radius 1 is 1.12 bits per heavy atom. The summed E-state index contributed by atoms with van der Waals surface area (Å²) < 4.78 is 0. The first-order valence-electron chi connectivity index (χ1n) is 6.19. The van der Waals surface area contributed by atoms with Crippen LogP contribution in [0.2, 0.25) is 0 Å². The Balaban J connectivity index is 2.77. The molecule has 0 saturated heterocycles. The van der Waals surface area contributed by atoms with Gasteiger partial charge in [0.2, 0.25) is 0 Å². The van der Waals surface area contributed by atoms with E-state index in [-0.39, 0.29) is 11.7 Å². The average Bonchev–Trinajstić information content (AvgIpc) is 2.28. The molecule has 0 bridgehead atoms. The van der Waals surface area contributed by atoms with Crippen LogP contribution in [0, 0.1) is 11.8 Å². The Morgan fingerprint density at radius 3 is 2.12 bits per heavy atom. The van der Waals surface area contributed by atoms with Gasteiger partial charge in [0, 0.05) is 11.5 Å². The highest BCUT2D eigenvalue weighted by atomic mass is 16.1. The predicted molar refractivity (Wildman–Crippen MR) is 68.8 cm³/mol. The number of ketones is 1. The number of rotatable bonds is 5. The molecular formula is C15H22O. The molecular weight excluding hydrogens is 196 g/mol. The van der Waals surface area contributed by atoms with Crippen molar-refractivity contribution in [1.82, 2.24) is 0 Å². The van der Waals surface area contributed by atoms with E-state index in [9.17, 15) is 4.79 Å². The van der Waals surface area contributed by atoms with Crippen molar-refractivity contribution in [2.24, 2.45) is 11.8 Å². The first-order valence-corrected chi connectivity index (χ1v) is 6.19. The van der Waals surface area contributed by atoms with E-state index >= 15 is 0 Å². The number of Topliss-reactive ketones (excluding diaryl/α,β-unsaturated/α-hetero) is 1. The SMILES string of the molecule is CCCc1ccc(C(=O)C(C)C(C)C)cc1. The van der Waals surface area contributed by atoms with Crippen LogP contribution in [0.15, 0.2) is 24.3 Å². The van der Waals surface area contributed by atoms with Crippen LogP contribution < -0.4 is 0 Å². The first-order chi connectivity index (χ1) is 7.56. The molecule has 16 heavy (non-hydrogen) atoms. The van der Waals surface area contributed by atoms with Crippen molar-refractivity contribution in [2.75, 3.05) is 0 Å². The van der Waals surface area contributed by atoms with E-state index in [4.69, 9.17) is 0 Å². The monoisotopic (exact) mass is 218 g/mol. The van der Waals surface area contributed by atoms with Gasteiger partial charge in [-0.2, -0.15) is 0 Å². The topological polar surface area (TPSA) is 17.1 Å². The quantitative estimate of drug-likeness (QED) is 0.680. The summed E-state index contributed by atoms with van der Waals surface area (Å²) in [6.07, 6.45) is 2.24. The average molecular weight is 218 g/mol. The van der Waals surface area contributed by atoms with Crippen molar-refractivity contribution in [3.05, 3.63) is 35.4 Å². The van der Waals surface area contributed by atoms with Crippen molar-refractivity contribution in [3.63, 3.8) is 0 Å². The van der Waals surface area contributed by atoms with Crippen molar-refractivity contribution in [3.8, 4) is 0 Å². The third-order valence-electron chi connectivity index (χ3n) is 3.19. The lowest BCUT2D eigenvalue weighted by molar-refractivity contribution is 0.0900. The zero-order valence-corrected chi connectivity index (χ0v) is 10.8. The molecule has 0 aliphatic rings. The fourth-order valence-corrected chi connectivity index (χ4v) is 1.69. The maximum atomic E-state index is 12.1. The smallest absolute Gasteiger partial charge is 0.165 e. The van der Waals surface area contributed by atoms with Gasteiger partial charge in [0.05, 0.1) is 0 Å². The maximum Gasteiger partial charge on any atom is 0.165 e. The second-order valence-electron chi connectivity index (χ2n) is 4.84. The number of hydrogen-bond donors (Lipinski definition) is 0. The van der Waals surface area contributed by atoms with Gasteiger partial charge in [-0.25, -0.2) is 0 Å². The van der Waals surface area contributed by atoms with E-state index < -0.39 is 0 Å². The normalized spacial score (nSPS) is 12.8. The van der Waals surface area contributed by atoms with E-state index in [2.05, 4.69) is 32.9 Å². The molecule has 0 amide bonds. The predicted octanol–water partition coefficient (Wildman–Crippen LogP) is 4.11. The molecule has 1 heteroatoms. The number of aryl methyl sites for hydroxylation is 1. The molecule has 1 aromatic rings. The van der Waals surface area contributed by atoms with E-state index in [1.165, 1.54) is 5.56 Å². The molecule has 0 N–H and O–H groups in total. The Hall–Kier alpha value is -1.11. The lowest BCUT2D eigenvalue weighted by Crippen LogP contribution is -2.16. The molecule has 0 saturated carbocycles. The van der Waals surface area contributed by atoms with Crippen LogP contribution in [0.1, 0.15) is 50.0 Å². The van der Waals surface area contributed by atoms with Crippen LogP contribution in [-0.4, -0.2) is 5.78 Å². The summed E-state index contributed by atoms with van der Waals surface area (Å²) in [6, 6.07) is 8.08. The van der Waals surface area contributed by atoms with Crippen LogP contribution in [0.25, 0.3) is 0 Å². The second-order valence-corrected chi connectivity index (χ2v) is 4.84. The van der Waals surface area contributed by atoms with Gasteiger partial charge in [-0.1, -0.05) is 58.4 Å². The Labute approximate surface area is 98.9 Å². The molecule has 1 unspecified atom stereocenters. The molecule has 0 spiro atoms. The molecule has 0 aliphatic heterocycles. The lowest BCUT2D eigenvalue weighted by Gasteiger charge is -2.14. The molecule has 1 atom stereocenters. The minimum Gasteiger partial charge on any atom is -0.294 e. The summed E-state index contributed by atoms with van der Waals surface area (Å²) >= 11 is 0. The third kappa shape index (κ3) is 3.19. The largest absolute Gasteiger partial charge is 0.294 e. The van der Waals surface area contributed by atoms with E-state index in [1.807, 2.05) is 19.1 Å². The standard InChI is InChI=1S/C15H22O/c1-5-6-13-7-9-14(10-8-13)15(16)12(4)11(2)3/h7-12H,5-6H2,1-4H3. The fraction of sp³-hybridized carbons (Fsp3) is 0.533. The second kappa shape index (κ2) is 5.83. The molecule has 0 heterocycles. The number of benzene rings is 1. The molecule has 1 aromatic carbocycles. The number of hydrogen-bond acceptors (Lipinski definition) is 1. The molecule has 88 valence electrons. The van der Waals surface area contributed by atoms with Gasteiger partial charge < -0.3 is 0 Å². The van der Waals surface area contributed by atoms with Gasteiger partial charge in [-0.05, 0) is 17.9 Å². The summed E-state index contributed by atoms with van der Waals surface area (Å²) in [5.41, 5.74) is 2.16. The van der Waals surface area contributed by atoms with Gasteiger partial charge in [-0.3, -0.25) is 4.79 Å². The molecule has 1 nitrogen and oxygen atoms in total. The van der Waals surface area contributed by atoms with Gasteiger partial charge in [0.1, 0.15) is 0 Å². The van der Waals surface area contributed by atoms with Crippen molar-refractivity contribution in [1.29, 1.82) is 0 Å².